The normalized spacial score (nSPS) is 11.7. The van der Waals surface area contributed by atoms with Gasteiger partial charge >= 0.3 is 0 Å². The van der Waals surface area contributed by atoms with Gasteiger partial charge in [0, 0.05) is 35.2 Å². The molecule has 2 aromatic rings. The molecular formula is C16H22ClN3S. The summed E-state index contributed by atoms with van der Waals surface area (Å²) in [7, 11) is 2.05. The zero-order valence-electron chi connectivity index (χ0n) is 13.0. The van der Waals surface area contributed by atoms with Crippen molar-refractivity contribution in [2.45, 2.75) is 39.4 Å². The Balaban J connectivity index is 2.04. The first kappa shape index (κ1) is 16.3. The molecule has 1 aromatic heterocycles. The molecule has 0 aliphatic rings. The van der Waals surface area contributed by atoms with Crippen LogP contribution in [-0.4, -0.2) is 17.6 Å². The third kappa shape index (κ3) is 4.99. The molecule has 3 nitrogen and oxygen atoms in total. The highest BCUT2D eigenvalue weighted by Crippen LogP contribution is 2.24. The van der Waals surface area contributed by atoms with Crippen LogP contribution in [0.1, 0.15) is 32.0 Å². The number of anilines is 1. The Bertz CT molecular complexity index is 576. The monoisotopic (exact) mass is 323 g/mol. The molecule has 0 aliphatic heterocycles. The summed E-state index contributed by atoms with van der Waals surface area (Å²) in [6.07, 6.45) is 0. The van der Waals surface area contributed by atoms with Crippen LogP contribution in [0, 0.1) is 0 Å². The maximum atomic E-state index is 6.40. The number of rotatable bonds is 5. The van der Waals surface area contributed by atoms with Crippen LogP contribution in [-0.2, 0) is 13.1 Å². The first-order valence-corrected chi connectivity index (χ1v) is 8.29. The van der Waals surface area contributed by atoms with E-state index >= 15 is 0 Å². The van der Waals surface area contributed by atoms with Crippen molar-refractivity contribution in [3.63, 3.8) is 0 Å². The number of aromatic nitrogens is 1. The number of benzene rings is 1. The first-order chi connectivity index (χ1) is 9.85. The summed E-state index contributed by atoms with van der Waals surface area (Å²) >= 11 is 8.02. The van der Waals surface area contributed by atoms with Crippen molar-refractivity contribution in [2.24, 2.45) is 0 Å². The Morgan fingerprint density at radius 3 is 2.67 bits per heavy atom. The minimum atomic E-state index is 0.0867. The number of nitrogens with zero attached hydrogens (tertiary/aromatic N) is 2. The fraction of sp³-hybridized carbons (Fsp3) is 0.438. The Morgan fingerprint density at radius 1 is 1.33 bits per heavy atom. The van der Waals surface area contributed by atoms with Gasteiger partial charge in [0.05, 0.1) is 17.7 Å². The molecule has 0 saturated heterocycles. The molecule has 0 saturated carbocycles. The van der Waals surface area contributed by atoms with Gasteiger partial charge in [-0.05, 0) is 38.5 Å². The van der Waals surface area contributed by atoms with Gasteiger partial charge in [0.15, 0.2) is 0 Å². The van der Waals surface area contributed by atoms with Crippen LogP contribution in [0.3, 0.4) is 0 Å². The Morgan fingerprint density at radius 2 is 2.10 bits per heavy atom. The lowest BCUT2D eigenvalue weighted by atomic mass is 10.1. The highest BCUT2D eigenvalue weighted by molar-refractivity contribution is 7.07. The lowest BCUT2D eigenvalue weighted by Crippen LogP contribution is -2.35. The molecule has 5 heteroatoms. The number of thiazole rings is 1. The molecule has 0 amide bonds. The number of nitrogens with one attached hydrogen (secondary N) is 1. The molecule has 1 heterocycles. The molecule has 0 radical (unpaired) electrons. The standard InChI is InChI=1S/C16H22ClN3S/c1-16(2,3)19-8-12-5-6-14(7-15(12)17)20(4)9-13-10-21-11-18-13/h5-7,10-11,19H,8-9H2,1-4H3. The summed E-state index contributed by atoms with van der Waals surface area (Å²) in [5, 5.41) is 6.33. The quantitative estimate of drug-likeness (QED) is 0.888. The molecule has 2 rings (SSSR count). The van der Waals surface area contributed by atoms with Gasteiger partial charge in [0.25, 0.3) is 0 Å². The summed E-state index contributed by atoms with van der Waals surface area (Å²) in [6.45, 7) is 8.02. The van der Waals surface area contributed by atoms with Gasteiger partial charge in [0.1, 0.15) is 0 Å². The molecule has 0 aliphatic carbocycles. The number of hydrogen-bond donors (Lipinski definition) is 1. The van der Waals surface area contributed by atoms with E-state index < -0.39 is 0 Å². The largest absolute Gasteiger partial charge is 0.369 e. The van der Waals surface area contributed by atoms with Crippen molar-refractivity contribution >= 4 is 28.6 Å². The van der Waals surface area contributed by atoms with E-state index in [1.165, 1.54) is 0 Å². The molecule has 1 aromatic carbocycles. The highest BCUT2D eigenvalue weighted by atomic mass is 35.5. The summed E-state index contributed by atoms with van der Waals surface area (Å²) in [6, 6.07) is 6.22. The number of halogens is 1. The van der Waals surface area contributed by atoms with Crippen molar-refractivity contribution < 1.29 is 0 Å². The Hall–Kier alpha value is -1.10. The van der Waals surface area contributed by atoms with Gasteiger partial charge in [0.2, 0.25) is 0 Å². The van der Waals surface area contributed by atoms with Gasteiger partial charge in [-0.2, -0.15) is 0 Å². The molecule has 0 unspecified atom stereocenters. The highest BCUT2D eigenvalue weighted by Gasteiger charge is 2.11. The van der Waals surface area contributed by atoms with Crippen molar-refractivity contribution in [1.82, 2.24) is 10.3 Å². The molecule has 0 atom stereocenters. The van der Waals surface area contributed by atoms with E-state index in [0.29, 0.717) is 0 Å². The van der Waals surface area contributed by atoms with Crippen LogP contribution in [0.4, 0.5) is 5.69 Å². The Kier molecular flexibility index (Phi) is 5.25. The van der Waals surface area contributed by atoms with E-state index in [1.807, 2.05) is 11.6 Å². The van der Waals surface area contributed by atoms with Gasteiger partial charge < -0.3 is 10.2 Å². The van der Waals surface area contributed by atoms with E-state index in [1.54, 1.807) is 11.3 Å². The first-order valence-electron chi connectivity index (χ1n) is 6.97. The minimum absolute atomic E-state index is 0.0867. The average molecular weight is 324 g/mol. The molecule has 114 valence electrons. The molecule has 0 fully saturated rings. The summed E-state index contributed by atoms with van der Waals surface area (Å²) < 4.78 is 0. The van der Waals surface area contributed by atoms with E-state index in [0.717, 1.165) is 35.1 Å². The van der Waals surface area contributed by atoms with Crippen molar-refractivity contribution in [3.8, 4) is 0 Å². The SMILES string of the molecule is CN(Cc1cscn1)c1ccc(CNC(C)(C)C)c(Cl)c1. The average Bonchev–Trinajstić information content (AvgIpc) is 2.89. The number of hydrogen-bond acceptors (Lipinski definition) is 4. The maximum Gasteiger partial charge on any atom is 0.0795 e. The van der Waals surface area contributed by atoms with Gasteiger partial charge in [-0.1, -0.05) is 17.7 Å². The van der Waals surface area contributed by atoms with Crippen LogP contribution in [0.15, 0.2) is 29.1 Å². The van der Waals surface area contributed by atoms with Crippen LogP contribution in [0.5, 0.6) is 0 Å². The van der Waals surface area contributed by atoms with E-state index in [4.69, 9.17) is 11.6 Å². The van der Waals surface area contributed by atoms with Crippen LogP contribution < -0.4 is 10.2 Å². The van der Waals surface area contributed by atoms with Gasteiger partial charge in [-0.3, -0.25) is 0 Å². The summed E-state index contributed by atoms with van der Waals surface area (Å²) in [5.41, 5.74) is 5.25. The van der Waals surface area contributed by atoms with Crippen molar-refractivity contribution in [2.75, 3.05) is 11.9 Å². The van der Waals surface area contributed by atoms with Crippen LogP contribution in [0.2, 0.25) is 5.02 Å². The second kappa shape index (κ2) is 6.77. The lowest BCUT2D eigenvalue weighted by molar-refractivity contribution is 0.424. The molecule has 21 heavy (non-hydrogen) atoms. The fourth-order valence-corrected chi connectivity index (χ4v) is 2.72. The molecule has 1 N–H and O–H groups in total. The minimum Gasteiger partial charge on any atom is -0.369 e. The third-order valence-corrected chi connectivity index (χ3v) is 4.16. The van der Waals surface area contributed by atoms with Crippen LogP contribution >= 0.6 is 22.9 Å². The second-order valence-corrected chi connectivity index (χ2v) is 7.34. The molecular weight excluding hydrogens is 302 g/mol. The molecule has 0 spiro atoms. The molecule has 0 bridgehead atoms. The smallest absolute Gasteiger partial charge is 0.0795 e. The summed E-state index contributed by atoms with van der Waals surface area (Å²) in [4.78, 5) is 6.47. The Labute approximate surface area is 136 Å². The predicted molar refractivity (Wildman–Crippen MR) is 92.3 cm³/mol. The lowest BCUT2D eigenvalue weighted by Gasteiger charge is -2.22. The summed E-state index contributed by atoms with van der Waals surface area (Å²) in [5.74, 6) is 0. The van der Waals surface area contributed by atoms with Gasteiger partial charge in [-0.25, -0.2) is 4.98 Å². The van der Waals surface area contributed by atoms with Crippen LogP contribution in [0.25, 0.3) is 0 Å². The van der Waals surface area contributed by atoms with E-state index in [-0.39, 0.29) is 5.54 Å². The van der Waals surface area contributed by atoms with Crippen molar-refractivity contribution in [3.05, 3.63) is 45.4 Å². The van der Waals surface area contributed by atoms with E-state index in [9.17, 15) is 0 Å². The zero-order chi connectivity index (χ0) is 15.5. The van der Waals surface area contributed by atoms with Crippen molar-refractivity contribution in [1.29, 1.82) is 0 Å². The van der Waals surface area contributed by atoms with E-state index in [2.05, 4.69) is 60.5 Å². The fourth-order valence-electron chi connectivity index (χ4n) is 1.93. The second-order valence-electron chi connectivity index (χ2n) is 6.22. The predicted octanol–water partition coefficient (Wildman–Crippen LogP) is 4.32. The third-order valence-electron chi connectivity index (χ3n) is 3.17. The topological polar surface area (TPSA) is 28.2 Å². The van der Waals surface area contributed by atoms with Gasteiger partial charge in [-0.15, -0.1) is 11.3 Å². The zero-order valence-corrected chi connectivity index (χ0v) is 14.6. The maximum absolute atomic E-state index is 6.40.